The molecule has 0 aliphatic rings. The van der Waals surface area contributed by atoms with Crippen LogP contribution in [0.4, 0.5) is 0 Å². The summed E-state index contributed by atoms with van der Waals surface area (Å²) in [5.41, 5.74) is -0.704. The molecule has 22 heavy (non-hydrogen) atoms. The minimum Gasteiger partial charge on any atom is -0.496 e. The highest BCUT2D eigenvalue weighted by Gasteiger charge is 2.35. The van der Waals surface area contributed by atoms with Crippen LogP contribution in [-0.4, -0.2) is 37.7 Å². The number of hydrogen-bond donors (Lipinski definition) is 2. The maximum atomic E-state index is 12.4. The van der Waals surface area contributed by atoms with Crippen molar-refractivity contribution in [3.63, 3.8) is 0 Å². The Bertz CT molecular complexity index is 515. The summed E-state index contributed by atoms with van der Waals surface area (Å²) in [4.78, 5) is 23.9. The molecule has 6 heteroatoms. The molecule has 0 atom stereocenters. The first-order valence-corrected chi connectivity index (χ1v) is 7.18. The number of nitrogens with one attached hydrogen (secondary N) is 1. The van der Waals surface area contributed by atoms with E-state index in [1.54, 1.807) is 32.0 Å². The number of carboxylic acids is 1. The Morgan fingerprint density at radius 2 is 1.64 bits per heavy atom. The molecule has 0 saturated carbocycles. The van der Waals surface area contributed by atoms with E-state index >= 15 is 0 Å². The molecular formula is C16H23NO5. The molecule has 0 heterocycles. The van der Waals surface area contributed by atoms with Crippen molar-refractivity contribution in [1.29, 1.82) is 0 Å². The van der Waals surface area contributed by atoms with Crippen LogP contribution in [0.3, 0.4) is 0 Å². The van der Waals surface area contributed by atoms with Crippen molar-refractivity contribution in [3.8, 4) is 11.5 Å². The Labute approximate surface area is 130 Å². The molecule has 0 radical (unpaired) electrons. The standard InChI is InChI=1S/C16H23NO5/c1-5-16(6-2,15(19)20)10-17-14(18)13-11(21-3)8-7-9-12(13)22-4/h7-9H,5-6,10H2,1-4H3,(H,17,18)(H,19,20). The van der Waals surface area contributed by atoms with Crippen LogP contribution in [0.5, 0.6) is 11.5 Å². The predicted octanol–water partition coefficient (Wildman–Crippen LogP) is 2.32. The number of aliphatic carboxylic acids is 1. The monoisotopic (exact) mass is 309 g/mol. The first-order valence-electron chi connectivity index (χ1n) is 7.18. The van der Waals surface area contributed by atoms with E-state index in [2.05, 4.69) is 5.32 Å². The van der Waals surface area contributed by atoms with Crippen LogP contribution in [0.2, 0.25) is 0 Å². The zero-order valence-corrected chi connectivity index (χ0v) is 13.4. The molecule has 0 aromatic heterocycles. The Balaban J connectivity index is 3.01. The van der Waals surface area contributed by atoms with Crippen LogP contribution in [0.1, 0.15) is 37.0 Å². The first kappa shape index (κ1) is 17.8. The summed E-state index contributed by atoms with van der Waals surface area (Å²) in [7, 11) is 2.93. The molecule has 1 amide bonds. The molecule has 0 aliphatic carbocycles. The molecule has 0 spiro atoms. The summed E-state index contributed by atoms with van der Waals surface area (Å²) in [6.45, 7) is 3.65. The Kier molecular flexibility index (Phi) is 6.22. The molecule has 2 N–H and O–H groups in total. The number of carbonyl (C=O) groups is 2. The van der Waals surface area contributed by atoms with Crippen molar-refractivity contribution in [2.75, 3.05) is 20.8 Å². The maximum absolute atomic E-state index is 12.4. The van der Waals surface area contributed by atoms with Crippen molar-refractivity contribution in [2.24, 2.45) is 5.41 Å². The third kappa shape index (κ3) is 3.50. The second-order valence-electron chi connectivity index (χ2n) is 5.01. The molecule has 0 bridgehead atoms. The molecule has 1 aromatic rings. The van der Waals surface area contributed by atoms with E-state index in [4.69, 9.17) is 9.47 Å². The maximum Gasteiger partial charge on any atom is 0.311 e. The minimum atomic E-state index is -0.967. The van der Waals surface area contributed by atoms with Crippen molar-refractivity contribution < 1.29 is 24.2 Å². The summed E-state index contributed by atoms with van der Waals surface area (Å²) in [6, 6.07) is 5.02. The summed E-state index contributed by atoms with van der Waals surface area (Å²) in [5.74, 6) is -0.567. The van der Waals surface area contributed by atoms with Gasteiger partial charge in [0.25, 0.3) is 5.91 Å². The zero-order valence-electron chi connectivity index (χ0n) is 13.4. The smallest absolute Gasteiger partial charge is 0.311 e. The van der Waals surface area contributed by atoms with Crippen LogP contribution < -0.4 is 14.8 Å². The highest BCUT2D eigenvalue weighted by molar-refractivity contribution is 6.00. The fourth-order valence-corrected chi connectivity index (χ4v) is 2.29. The summed E-state index contributed by atoms with van der Waals surface area (Å²) in [6.07, 6.45) is 0.865. The topological polar surface area (TPSA) is 84.9 Å². The van der Waals surface area contributed by atoms with Gasteiger partial charge in [-0.15, -0.1) is 0 Å². The second-order valence-corrected chi connectivity index (χ2v) is 5.01. The number of rotatable bonds is 8. The molecule has 1 rings (SSSR count). The van der Waals surface area contributed by atoms with Gasteiger partial charge in [-0.1, -0.05) is 19.9 Å². The SMILES string of the molecule is CCC(CC)(CNC(=O)c1c(OC)cccc1OC)C(=O)O. The highest BCUT2D eigenvalue weighted by atomic mass is 16.5. The average Bonchev–Trinajstić information content (AvgIpc) is 2.54. The number of benzene rings is 1. The highest BCUT2D eigenvalue weighted by Crippen LogP contribution is 2.29. The molecule has 1 aromatic carbocycles. The van der Waals surface area contributed by atoms with Crippen LogP contribution >= 0.6 is 0 Å². The quantitative estimate of drug-likeness (QED) is 0.770. The van der Waals surface area contributed by atoms with E-state index in [1.807, 2.05) is 0 Å². The van der Waals surface area contributed by atoms with Crippen molar-refractivity contribution >= 4 is 11.9 Å². The normalized spacial score (nSPS) is 10.9. The lowest BCUT2D eigenvalue weighted by atomic mass is 9.82. The van der Waals surface area contributed by atoms with Gasteiger partial charge in [-0.3, -0.25) is 9.59 Å². The Morgan fingerprint density at radius 3 is 2.00 bits per heavy atom. The van der Waals surface area contributed by atoms with Crippen LogP contribution in [0.25, 0.3) is 0 Å². The van der Waals surface area contributed by atoms with Crippen LogP contribution in [0.15, 0.2) is 18.2 Å². The first-order chi connectivity index (χ1) is 10.5. The molecule has 6 nitrogen and oxygen atoms in total. The summed E-state index contributed by atoms with van der Waals surface area (Å²) in [5, 5.41) is 12.1. The van der Waals surface area contributed by atoms with Gasteiger partial charge in [-0.2, -0.15) is 0 Å². The number of ether oxygens (including phenoxy) is 2. The van der Waals surface area contributed by atoms with Crippen LogP contribution in [-0.2, 0) is 4.79 Å². The molecular weight excluding hydrogens is 286 g/mol. The van der Waals surface area contributed by atoms with E-state index in [9.17, 15) is 14.7 Å². The number of amides is 1. The molecule has 0 fully saturated rings. The van der Waals surface area contributed by atoms with Gasteiger partial charge in [0.15, 0.2) is 0 Å². The number of carbonyl (C=O) groups excluding carboxylic acids is 1. The predicted molar refractivity (Wildman–Crippen MR) is 82.5 cm³/mol. The van der Waals surface area contributed by atoms with E-state index in [0.29, 0.717) is 24.3 Å². The summed E-state index contributed by atoms with van der Waals surface area (Å²) < 4.78 is 10.4. The molecule has 0 saturated heterocycles. The van der Waals surface area contributed by atoms with Gasteiger partial charge in [0.2, 0.25) is 0 Å². The van der Waals surface area contributed by atoms with Gasteiger partial charge in [0, 0.05) is 6.54 Å². The van der Waals surface area contributed by atoms with Crippen LogP contribution in [0, 0.1) is 5.41 Å². The van der Waals surface area contributed by atoms with Gasteiger partial charge in [-0.05, 0) is 25.0 Å². The third-order valence-corrected chi connectivity index (χ3v) is 4.05. The van der Waals surface area contributed by atoms with Crippen molar-refractivity contribution in [3.05, 3.63) is 23.8 Å². The number of methoxy groups -OCH3 is 2. The van der Waals surface area contributed by atoms with E-state index in [-0.39, 0.29) is 12.1 Å². The third-order valence-electron chi connectivity index (χ3n) is 4.05. The van der Waals surface area contributed by atoms with E-state index < -0.39 is 17.3 Å². The lowest BCUT2D eigenvalue weighted by Gasteiger charge is -2.27. The minimum absolute atomic E-state index is 0.0510. The van der Waals surface area contributed by atoms with Gasteiger partial charge in [0.05, 0.1) is 19.6 Å². The summed E-state index contributed by atoms with van der Waals surface area (Å²) >= 11 is 0. The Morgan fingerprint density at radius 1 is 1.14 bits per heavy atom. The fraction of sp³-hybridized carbons (Fsp3) is 0.500. The molecule has 0 unspecified atom stereocenters. The zero-order chi connectivity index (χ0) is 16.8. The van der Waals surface area contributed by atoms with E-state index in [1.165, 1.54) is 14.2 Å². The van der Waals surface area contributed by atoms with Gasteiger partial charge in [0.1, 0.15) is 17.1 Å². The molecule has 122 valence electrons. The largest absolute Gasteiger partial charge is 0.496 e. The number of carboxylic acid groups (broad SMARTS) is 1. The second kappa shape index (κ2) is 7.68. The van der Waals surface area contributed by atoms with Crippen molar-refractivity contribution in [2.45, 2.75) is 26.7 Å². The van der Waals surface area contributed by atoms with Gasteiger partial charge < -0.3 is 19.9 Å². The van der Waals surface area contributed by atoms with E-state index in [0.717, 1.165) is 0 Å². The molecule has 0 aliphatic heterocycles. The average molecular weight is 309 g/mol. The van der Waals surface area contributed by atoms with Gasteiger partial charge in [-0.25, -0.2) is 0 Å². The lowest BCUT2D eigenvalue weighted by molar-refractivity contribution is -0.149. The Hall–Kier alpha value is -2.24. The lowest BCUT2D eigenvalue weighted by Crippen LogP contribution is -2.42. The fourth-order valence-electron chi connectivity index (χ4n) is 2.29. The van der Waals surface area contributed by atoms with Gasteiger partial charge >= 0.3 is 5.97 Å². The number of hydrogen-bond acceptors (Lipinski definition) is 4. The van der Waals surface area contributed by atoms with Crippen molar-refractivity contribution in [1.82, 2.24) is 5.32 Å².